The van der Waals surface area contributed by atoms with Crippen LogP contribution >= 0.6 is 0 Å². The van der Waals surface area contributed by atoms with E-state index in [1.807, 2.05) is 0 Å². The average molecular weight is 274 g/mol. The molecule has 6 heteroatoms. The summed E-state index contributed by atoms with van der Waals surface area (Å²) >= 11 is 0. The Hall–Kier alpha value is -0.240. The topological polar surface area (TPSA) is 97.0 Å². The van der Waals surface area contributed by atoms with Crippen LogP contribution in [-0.2, 0) is 9.47 Å². The van der Waals surface area contributed by atoms with Crippen molar-refractivity contribution >= 4 is 0 Å². The minimum atomic E-state index is -0.203. The van der Waals surface area contributed by atoms with E-state index in [2.05, 4.69) is 5.32 Å². The van der Waals surface area contributed by atoms with E-state index in [-0.39, 0.29) is 37.8 Å². The first-order valence-electron chi connectivity index (χ1n) is 7.23. The Labute approximate surface area is 114 Å². The van der Waals surface area contributed by atoms with Gasteiger partial charge in [0.2, 0.25) is 0 Å². The first kappa shape index (κ1) is 15.2. The van der Waals surface area contributed by atoms with Crippen LogP contribution in [0, 0.1) is 0 Å². The molecule has 19 heavy (non-hydrogen) atoms. The Balaban J connectivity index is 1.76. The zero-order valence-electron chi connectivity index (χ0n) is 11.3. The second-order valence-corrected chi connectivity index (χ2v) is 5.55. The van der Waals surface area contributed by atoms with Crippen molar-refractivity contribution in [2.45, 2.75) is 62.7 Å². The molecule has 2 aliphatic rings. The predicted molar refractivity (Wildman–Crippen MR) is 70.6 cm³/mol. The van der Waals surface area contributed by atoms with E-state index in [1.54, 1.807) is 0 Å². The fourth-order valence-electron chi connectivity index (χ4n) is 2.98. The maximum atomic E-state index is 9.04. The molecule has 112 valence electrons. The summed E-state index contributed by atoms with van der Waals surface area (Å²) in [6.07, 6.45) is 4.18. The fraction of sp³-hybridized carbons (Fsp3) is 1.00. The van der Waals surface area contributed by atoms with E-state index in [4.69, 9.17) is 25.4 Å². The highest BCUT2D eigenvalue weighted by Crippen LogP contribution is 2.27. The van der Waals surface area contributed by atoms with E-state index < -0.39 is 0 Å². The number of nitrogens with two attached hydrogens (primary N) is 1. The lowest BCUT2D eigenvalue weighted by molar-refractivity contribution is -0.175. The van der Waals surface area contributed by atoms with Gasteiger partial charge in [0, 0.05) is 25.0 Å². The lowest BCUT2D eigenvalue weighted by Crippen LogP contribution is -2.46. The van der Waals surface area contributed by atoms with Crippen LogP contribution in [-0.4, -0.2) is 60.6 Å². The zero-order chi connectivity index (χ0) is 13.7. The molecule has 2 rings (SSSR count). The Morgan fingerprint density at radius 2 is 2.05 bits per heavy atom. The Kier molecular flexibility index (Phi) is 6.00. The average Bonchev–Trinajstić information content (AvgIpc) is 2.83. The molecule has 0 aromatic heterocycles. The number of hydrogen-bond donors (Lipinski definition) is 4. The molecule has 1 saturated heterocycles. The van der Waals surface area contributed by atoms with Gasteiger partial charge in [0.15, 0.2) is 6.29 Å². The molecule has 6 nitrogen and oxygen atoms in total. The predicted octanol–water partition coefficient (Wildman–Crippen LogP) is -0.669. The van der Waals surface area contributed by atoms with Crippen LogP contribution in [0.15, 0.2) is 0 Å². The third-order valence-corrected chi connectivity index (χ3v) is 3.86. The van der Waals surface area contributed by atoms with Crippen molar-refractivity contribution in [3.63, 3.8) is 0 Å². The maximum absolute atomic E-state index is 9.04. The zero-order valence-corrected chi connectivity index (χ0v) is 11.3. The van der Waals surface area contributed by atoms with Gasteiger partial charge in [0.05, 0.1) is 25.4 Å². The molecule has 1 aliphatic carbocycles. The van der Waals surface area contributed by atoms with Crippen LogP contribution in [0.5, 0.6) is 0 Å². The molecule has 5 unspecified atom stereocenters. The molecular weight excluding hydrogens is 248 g/mol. The number of hydrogen-bond acceptors (Lipinski definition) is 6. The summed E-state index contributed by atoms with van der Waals surface area (Å²) in [4.78, 5) is 0. The summed E-state index contributed by atoms with van der Waals surface area (Å²) in [7, 11) is 0. The number of aliphatic hydroxyl groups is 2. The van der Waals surface area contributed by atoms with Crippen LogP contribution in [0.1, 0.15) is 32.1 Å². The quantitative estimate of drug-likeness (QED) is 0.513. The van der Waals surface area contributed by atoms with Gasteiger partial charge in [-0.25, -0.2) is 0 Å². The van der Waals surface area contributed by atoms with Crippen molar-refractivity contribution in [3.05, 3.63) is 0 Å². The summed E-state index contributed by atoms with van der Waals surface area (Å²) < 4.78 is 11.5. The van der Waals surface area contributed by atoms with Gasteiger partial charge >= 0.3 is 0 Å². The van der Waals surface area contributed by atoms with Crippen molar-refractivity contribution in [1.29, 1.82) is 0 Å². The molecule has 0 amide bonds. The molecule has 5 N–H and O–H groups in total. The fourth-order valence-corrected chi connectivity index (χ4v) is 2.98. The summed E-state index contributed by atoms with van der Waals surface area (Å²) in [5.74, 6) is 0. The van der Waals surface area contributed by atoms with Gasteiger partial charge in [0.25, 0.3) is 0 Å². The normalized spacial score (nSPS) is 39.6. The van der Waals surface area contributed by atoms with Gasteiger partial charge in [-0.2, -0.15) is 0 Å². The molecule has 1 heterocycles. The summed E-state index contributed by atoms with van der Waals surface area (Å²) in [6.45, 7) is 0.794. The van der Waals surface area contributed by atoms with Crippen LogP contribution < -0.4 is 11.1 Å². The van der Waals surface area contributed by atoms with E-state index in [0.717, 1.165) is 32.1 Å². The minimum absolute atomic E-state index is 0.0602. The molecule has 5 atom stereocenters. The van der Waals surface area contributed by atoms with Crippen molar-refractivity contribution in [3.8, 4) is 0 Å². The molecule has 2 fully saturated rings. The molecule has 1 saturated carbocycles. The highest BCUT2D eigenvalue weighted by Gasteiger charge is 2.32. The van der Waals surface area contributed by atoms with Crippen LogP contribution in [0.25, 0.3) is 0 Å². The third-order valence-electron chi connectivity index (χ3n) is 3.86. The molecule has 0 spiro atoms. The van der Waals surface area contributed by atoms with Crippen molar-refractivity contribution < 1.29 is 19.7 Å². The monoisotopic (exact) mass is 274 g/mol. The van der Waals surface area contributed by atoms with E-state index in [9.17, 15) is 0 Å². The second kappa shape index (κ2) is 7.52. The van der Waals surface area contributed by atoms with Gasteiger partial charge in [-0.15, -0.1) is 0 Å². The van der Waals surface area contributed by atoms with E-state index >= 15 is 0 Å². The Morgan fingerprint density at radius 3 is 2.74 bits per heavy atom. The van der Waals surface area contributed by atoms with Gasteiger partial charge in [0.1, 0.15) is 0 Å². The molecule has 0 aromatic rings. The summed E-state index contributed by atoms with van der Waals surface area (Å²) in [5, 5.41) is 21.2. The van der Waals surface area contributed by atoms with Crippen LogP contribution in [0.4, 0.5) is 0 Å². The first-order valence-corrected chi connectivity index (χ1v) is 7.23. The van der Waals surface area contributed by atoms with E-state index in [0.29, 0.717) is 12.6 Å². The maximum Gasteiger partial charge on any atom is 0.158 e. The number of ether oxygens (including phenoxy) is 2. The molecule has 0 radical (unpaired) electrons. The lowest BCUT2D eigenvalue weighted by Gasteiger charge is -2.34. The number of rotatable bonds is 6. The summed E-state index contributed by atoms with van der Waals surface area (Å²) in [5.41, 5.74) is 6.05. The Morgan fingerprint density at radius 1 is 1.21 bits per heavy atom. The molecular formula is C13H26N2O4. The third kappa shape index (κ3) is 4.66. The lowest BCUT2D eigenvalue weighted by atomic mass is 9.89. The van der Waals surface area contributed by atoms with Gasteiger partial charge in [-0.3, -0.25) is 0 Å². The summed E-state index contributed by atoms with van der Waals surface area (Å²) in [6, 6.07) is 0.431. The highest BCUT2D eigenvalue weighted by molar-refractivity contribution is 4.86. The van der Waals surface area contributed by atoms with Gasteiger partial charge < -0.3 is 30.7 Å². The number of aliphatic hydroxyl groups excluding tert-OH is 2. The molecule has 0 bridgehead atoms. The van der Waals surface area contributed by atoms with Crippen molar-refractivity contribution in [2.24, 2.45) is 5.73 Å². The van der Waals surface area contributed by atoms with E-state index in [1.165, 1.54) is 0 Å². The van der Waals surface area contributed by atoms with Gasteiger partial charge in [-0.1, -0.05) is 0 Å². The van der Waals surface area contributed by atoms with Gasteiger partial charge in [-0.05, 0) is 25.7 Å². The van der Waals surface area contributed by atoms with Crippen LogP contribution in [0.3, 0.4) is 0 Å². The van der Waals surface area contributed by atoms with Crippen molar-refractivity contribution in [2.75, 3.05) is 19.8 Å². The second-order valence-electron chi connectivity index (χ2n) is 5.55. The minimum Gasteiger partial charge on any atom is -0.395 e. The number of nitrogens with one attached hydrogen (secondary N) is 1. The molecule has 1 aliphatic heterocycles. The van der Waals surface area contributed by atoms with Crippen LogP contribution in [0.2, 0.25) is 0 Å². The first-order chi connectivity index (χ1) is 9.21. The SMILES string of the molecule is NC1CC(NCCO)CC(OC2CCC(CO)O2)C1. The molecule has 0 aromatic carbocycles. The Bertz CT molecular complexity index is 267. The van der Waals surface area contributed by atoms with Crippen molar-refractivity contribution in [1.82, 2.24) is 5.32 Å². The smallest absolute Gasteiger partial charge is 0.158 e. The largest absolute Gasteiger partial charge is 0.395 e. The highest BCUT2D eigenvalue weighted by atomic mass is 16.7. The standard InChI is InChI=1S/C13H26N2O4/c14-9-5-10(15-3-4-16)7-12(6-9)19-13-2-1-11(8-17)18-13/h9-13,15-17H,1-8,14H2.